The van der Waals surface area contributed by atoms with Crippen molar-refractivity contribution in [3.8, 4) is 10.9 Å². The molecule has 1 saturated heterocycles. The zero-order chi connectivity index (χ0) is 25.6. The molecule has 2 aromatic rings. The molecule has 35 heavy (non-hydrogen) atoms. The summed E-state index contributed by atoms with van der Waals surface area (Å²) in [6, 6.07) is 1.61. The van der Waals surface area contributed by atoms with Gasteiger partial charge in [-0.15, -0.1) is 18.3 Å². The number of hydrogen-bond donors (Lipinski definition) is 1. The highest BCUT2D eigenvalue weighted by molar-refractivity contribution is 7.13. The summed E-state index contributed by atoms with van der Waals surface area (Å²) in [5, 5.41) is 10.8. The number of aromatic nitrogens is 2. The summed E-state index contributed by atoms with van der Waals surface area (Å²) in [4.78, 5) is 12.1. The predicted octanol–water partition coefficient (Wildman–Crippen LogP) is 4.03. The minimum Gasteiger partial charge on any atom is -0.484 e. The molecule has 1 aromatic carbocycles. The Labute approximate surface area is 197 Å². The second kappa shape index (κ2) is 11.3. The van der Waals surface area contributed by atoms with Crippen LogP contribution in [0.25, 0.3) is 0 Å². The standard InChI is InChI=1S/C19H18F7N3O5S/c20-13-7-11(2-3-12(13)18(21,22)23)32-9-15(30)27-10-1-4-14(33-8-10)16-28-29-17(35-16)31-5-6-34-19(24,25)26/h2-3,7,10,14H,1,4-6,8-9H2,(H,27,30)/t10-,14+/m0/s1. The number of halogens is 7. The fourth-order valence-electron chi connectivity index (χ4n) is 2.99. The zero-order valence-electron chi connectivity index (χ0n) is 17.6. The average molecular weight is 533 g/mol. The first kappa shape index (κ1) is 26.9. The summed E-state index contributed by atoms with van der Waals surface area (Å²) in [6.45, 7) is -1.49. The maximum absolute atomic E-state index is 13.6. The molecule has 1 N–H and O–H groups in total. The van der Waals surface area contributed by atoms with Gasteiger partial charge in [0.15, 0.2) is 6.61 Å². The van der Waals surface area contributed by atoms with Crippen LogP contribution in [-0.2, 0) is 20.4 Å². The molecule has 1 aromatic heterocycles. The number of carbonyl (C=O) groups excluding carboxylic acids is 1. The quantitative estimate of drug-likeness (QED) is 0.385. The van der Waals surface area contributed by atoms with E-state index in [0.29, 0.717) is 30.0 Å². The normalized spacial score (nSPS) is 18.8. The van der Waals surface area contributed by atoms with E-state index in [-0.39, 0.29) is 30.2 Å². The Morgan fingerprint density at radius 2 is 1.89 bits per heavy atom. The molecule has 8 nitrogen and oxygen atoms in total. The first-order chi connectivity index (χ1) is 16.4. The van der Waals surface area contributed by atoms with Crippen molar-refractivity contribution in [2.45, 2.75) is 37.5 Å². The van der Waals surface area contributed by atoms with Crippen LogP contribution in [0.15, 0.2) is 18.2 Å². The van der Waals surface area contributed by atoms with E-state index in [0.717, 1.165) is 17.4 Å². The first-order valence-electron chi connectivity index (χ1n) is 9.98. The van der Waals surface area contributed by atoms with Crippen LogP contribution in [0.2, 0.25) is 0 Å². The molecule has 3 rings (SSSR count). The maximum Gasteiger partial charge on any atom is 0.522 e. The second-order valence-electron chi connectivity index (χ2n) is 7.14. The number of amides is 1. The highest BCUT2D eigenvalue weighted by Crippen LogP contribution is 2.33. The van der Waals surface area contributed by atoms with Crippen molar-refractivity contribution < 1.29 is 54.5 Å². The summed E-state index contributed by atoms with van der Waals surface area (Å²) in [6.07, 6.45) is -9.10. The smallest absolute Gasteiger partial charge is 0.484 e. The van der Waals surface area contributed by atoms with Gasteiger partial charge in [-0.1, -0.05) is 16.4 Å². The Balaban J connectivity index is 1.38. The predicted molar refractivity (Wildman–Crippen MR) is 104 cm³/mol. The molecule has 194 valence electrons. The molecular formula is C19H18F7N3O5S. The van der Waals surface area contributed by atoms with E-state index in [1.165, 1.54) is 0 Å². The van der Waals surface area contributed by atoms with Crippen LogP contribution in [-0.4, -0.2) is 54.9 Å². The monoisotopic (exact) mass is 533 g/mol. The van der Waals surface area contributed by atoms with Crippen molar-refractivity contribution in [3.05, 3.63) is 34.6 Å². The van der Waals surface area contributed by atoms with E-state index in [1.54, 1.807) is 0 Å². The van der Waals surface area contributed by atoms with E-state index in [2.05, 4.69) is 20.3 Å². The Kier molecular flexibility index (Phi) is 8.71. The van der Waals surface area contributed by atoms with Crippen LogP contribution in [0.4, 0.5) is 30.7 Å². The number of nitrogens with one attached hydrogen (secondary N) is 1. The van der Waals surface area contributed by atoms with Gasteiger partial charge in [-0.2, -0.15) is 13.2 Å². The Bertz CT molecular complexity index is 994. The van der Waals surface area contributed by atoms with Crippen LogP contribution in [0, 0.1) is 5.82 Å². The number of rotatable bonds is 9. The van der Waals surface area contributed by atoms with Gasteiger partial charge in [0.1, 0.15) is 29.3 Å². The lowest BCUT2D eigenvalue weighted by molar-refractivity contribution is -0.325. The van der Waals surface area contributed by atoms with Crippen LogP contribution >= 0.6 is 11.3 Å². The lowest BCUT2D eigenvalue weighted by atomic mass is 10.1. The number of benzene rings is 1. The number of hydrogen-bond acceptors (Lipinski definition) is 8. The Morgan fingerprint density at radius 1 is 1.11 bits per heavy atom. The van der Waals surface area contributed by atoms with Gasteiger partial charge in [-0.3, -0.25) is 9.53 Å². The van der Waals surface area contributed by atoms with E-state index >= 15 is 0 Å². The lowest BCUT2D eigenvalue weighted by Crippen LogP contribution is -2.43. The topological polar surface area (TPSA) is 91.8 Å². The van der Waals surface area contributed by atoms with Gasteiger partial charge in [-0.25, -0.2) is 4.39 Å². The third-order valence-electron chi connectivity index (χ3n) is 4.53. The van der Waals surface area contributed by atoms with Crippen molar-refractivity contribution in [1.82, 2.24) is 15.5 Å². The number of ether oxygens (including phenoxy) is 4. The SMILES string of the molecule is O=C(COc1ccc(C(F)(F)F)c(F)c1)N[C@H]1CC[C@H](c2nnc(OCCOC(F)(F)F)s2)OC1. The largest absolute Gasteiger partial charge is 0.522 e. The minimum atomic E-state index is -4.84. The molecule has 0 unspecified atom stereocenters. The van der Waals surface area contributed by atoms with E-state index in [4.69, 9.17) is 14.2 Å². The molecule has 2 heterocycles. The third-order valence-corrected chi connectivity index (χ3v) is 5.46. The molecular weight excluding hydrogens is 515 g/mol. The summed E-state index contributed by atoms with van der Waals surface area (Å²) in [5.41, 5.74) is -1.44. The van der Waals surface area contributed by atoms with Gasteiger partial charge in [0.25, 0.3) is 11.1 Å². The van der Waals surface area contributed by atoms with E-state index in [9.17, 15) is 35.5 Å². The van der Waals surface area contributed by atoms with Gasteiger partial charge in [-0.05, 0) is 25.0 Å². The molecule has 1 amide bonds. The molecule has 0 saturated carbocycles. The molecule has 0 radical (unpaired) electrons. The van der Waals surface area contributed by atoms with Crippen LogP contribution in [0.5, 0.6) is 10.9 Å². The van der Waals surface area contributed by atoms with E-state index < -0.39 is 49.1 Å². The number of alkyl halides is 6. The van der Waals surface area contributed by atoms with Crippen LogP contribution in [0.3, 0.4) is 0 Å². The average Bonchev–Trinajstić information content (AvgIpc) is 3.23. The van der Waals surface area contributed by atoms with Crippen molar-refractivity contribution in [3.63, 3.8) is 0 Å². The van der Waals surface area contributed by atoms with Crippen molar-refractivity contribution >= 4 is 17.2 Å². The molecule has 1 fully saturated rings. The van der Waals surface area contributed by atoms with Gasteiger partial charge >= 0.3 is 12.5 Å². The van der Waals surface area contributed by atoms with Gasteiger partial charge in [0.05, 0.1) is 24.8 Å². The summed E-state index contributed by atoms with van der Waals surface area (Å²) >= 11 is 1.01. The molecule has 1 aliphatic rings. The summed E-state index contributed by atoms with van der Waals surface area (Å²) in [7, 11) is 0. The fraction of sp³-hybridized carbons (Fsp3) is 0.526. The molecule has 0 spiro atoms. The first-order valence-corrected chi connectivity index (χ1v) is 10.8. The highest BCUT2D eigenvalue weighted by atomic mass is 32.1. The summed E-state index contributed by atoms with van der Waals surface area (Å²) in [5.74, 6) is -2.32. The van der Waals surface area contributed by atoms with Gasteiger partial charge in [0, 0.05) is 6.07 Å². The highest BCUT2D eigenvalue weighted by Gasteiger charge is 2.34. The molecule has 0 bridgehead atoms. The van der Waals surface area contributed by atoms with Gasteiger partial charge in [0.2, 0.25) is 0 Å². The Hall–Kier alpha value is -2.72. The number of nitrogens with zero attached hydrogens (tertiary/aromatic N) is 2. The van der Waals surface area contributed by atoms with Crippen molar-refractivity contribution in [2.75, 3.05) is 26.4 Å². The minimum absolute atomic E-state index is 0.0571. The van der Waals surface area contributed by atoms with E-state index in [1.807, 2.05) is 0 Å². The van der Waals surface area contributed by atoms with Crippen LogP contribution < -0.4 is 14.8 Å². The second-order valence-corrected chi connectivity index (χ2v) is 8.11. The molecule has 16 heteroatoms. The fourth-order valence-corrected chi connectivity index (χ4v) is 3.79. The van der Waals surface area contributed by atoms with Crippen LogP contribution in [0.1, 0.15) is 29.5 Å². The zero-order valence-corrected chi connectivity index (χ0v) is 18.4. The number of carbonyl (C=O) groups is 1. The Morgan fingerprint density at radius 3 is 2.51 bits per heavy atom. The van der Waals surface area contributed by atoms with Gasteiger partial charge < -0.3 is 19.5 Å². The van der Waals surface area contributed by atoms with Crippen molar-refractivity contribution in [1.29, 1.82) is 0 Å². The molecule has 2 atom stereocenters. The third kappa shape index (κ3) is 8.47. The molecule has 1 aliphatic heterocycles. The lowest BCUT2D eigenvalue weighted by Gasteiger charge is -2.28. The summed E-state index contributed by atoms with van der Waals surface area (Å²) < 4.78 is 106. The maximum atomic E-state index is 13.6. The van der Waals surface area contributed by atoms with Crippen molar-refractivity contribution in [2.24, 2.45) is 0 Å². The molecule has 0 aliphatic carbocycles.